The summed E-state index contributed by atoms with van der Waals surface area (Å²) in [5.41, 5.74) is 3.45. The molecule has 0 spiro atoms. The van der Waals surface area contributed by atoms with Crippen LogP contribution in [0.4, 0.5) is 16.2 Å². The van der Waals surface area contributed by atoms with Crippen molar-refractivity contribution in [1.82, 2.24) is 10.6 Å². The van der Waals surface area contributed by atoms with E-state index < -0.39 is 0 Å². The van der Waals surface area contributed by atoms with E-state index in [2.05, 4.69) is 21.3 Å². The second kappa shape index (κ2) is 10.7. The monoisotopic (exact) mass is 402 g/mol. The average molecular weight is 403 g/mol. The van der Waals surface area contributed by atoms with Crippen LogP contribution in [0.25, 0.3) is 0 Å². The number of anilines is 2. The number of urea groups is 1. The standard InChI is InChI=1S/C21H26N4O2.ClH/c1-15-6-4-8-17(12-15)24-21(27)25-18-9-5-7-16(13-18)14-23-20(26)19-10-2-3-11-22-19;/h4-9,12-13,19,22H,2-3,10-11,14H2,1H3,(H,23,26)(H2,24,25,27);1H. The number of benzene rings is 2. The Kier molecular flexibility index (Phi) is 8.29. The van der Waals surface area contributed by atoms with Crippen LogP contribution in [-0.4, -0.2) is 24.5 Å². The van der Waals surface area contributed by atoms with Crippen LogP contribution < -0.4 is 21.3 Å². The lowest BCUT2D eigenvalue weighted by Gasteiger charge is -2.22. The summed E-state index contributed by atoms with van der Waals surface area (Å²) in [5.74, 6) is 0.0326. The van der Waals surface area contributed by atoms with Crippen molar-refractivity contribution in [3.63, 3.8) is 0 Å². The third-order valence-electron chi connectivity index (χ3n) is 4.55. The predicted molar refractivity (Wildman–Crippen MR) is 115 cm³/mol. The van der Waals surface area contributed by atoms with E-state index in [-0.39, 0.29) is 30.4 Å². The van der Waals surface area contributed by atoms with Gasteiger partial charge in [-0.25, -0.2) is 4.79 Å². The van der Waals surface area contributed by atoms with E-state index >= 15 is 0 Å². The lowest BCUT2D eigenvalue weighted by atomic mass is 10.0. The summed E-state index contributed by atoms with van der Waals surface area (Å²) >= 11 is 0. The number of carbonyl (C=O) groups excluding carboxylic acids is 2. The number of nitrogens with one attached hydrogen (secondary N) is 4. The lowest BCUT2D eigenvalue weighted by molar-refractivity contribution is -0.123. The van der Waals surface area contributed by atoms with Crippen molar-refractivity contribution in [3.8, 4) is 0 Å². The molecule has 6 nitrogen and oxygen atoms in total. The van der Waals surface area contributed by atoms with Gasteiger partial charge in [0.25, 0.3) is 0 Å². The van der Waals surface area contributed by atoms with E-state index in [1.807, 2.05) is 55.5 Å². The second-order valence-corrected chi connectivity index (χ2v) is 6.87. The van der Waals surface area contributed by atoms with Crippen molar-refractivity contribution in [2.75, 3.05) is 17.2 Å². The van der Waals surface area contributed by atoms with E-state index in [1.54, 1.807) is 0 Å². The molecule has 28 heavy (non-hydrogen) atoms. The molecule has 0 aliphatic carbocycles. The van der Waals surface area contributed by atoms with Gasteiger partial charge in [0.15, 0.2) is 0 Å². The molecule has 0 radical (unpaired) electrons. The van der Waals surface area contributed by atoms with Gasteiger partial charge in [-0.2, -0.15) is 0 Å². The van der Waals surface area contributed by atoms with Gasteiger partial charge >= 0.3 is 6.03 Å². The topological polar surface area (TPSA) is 82.3 Å². The van der Waals surface area contributed by atoms with Gasteiger partial charge in [-0.15, -0.1) is 12.4 Å². The number of rotatable bonds is 5. The van der Waals surface area contributed by atoms with Crippen LogP contribution in [0.2, 0.25) is 0 Å². The third-order valence-corrected chi connectivity index (χ3v) is 4.55. The molecule has 0 aromatic heterocycles. The first-order valence-electron chi connectivity index (χ1n) is 9.35. The average Bonchev–Trinajstić information content (AvgIpc) is 2.67. The van der Waals surface area contributed by atoms with Crippen LogP contribution in [0.3, 0.4) is 0 Å². The smallest absolute Gasteiger partial charge is 0.323 e. The highest BCUT2D eigenvalue weighted by atomic mass is 35.5. The molecular formula is C21H27ClN4O2. The zero-order valence-electron chi connectivity index (χ0n) is 16.0. The largest absolute Gasteiger partial charge is 0.351 e. The highest BCUT2D eigenvalue weighted by molar-refractivity contribution is 5.99. The van der Waals surface area contributed by atoms with Crippen LogP contribution in [0.15, 0.2) is 48.5 Å². The number of amides is 3. The molecule has 3 amide bonds. The summed E-state index contributed by atoms with van der Waals surface area (Å²) in [6, 6.07) is 14.7. The summed E-state index contributed by atoms with van der Waals surface area (Å²) in [4.78, 5) is 24.4. The first-order chi connectivity index (χ1) is 13.1. The van der Waals surface area contributed by atoms with Crippen LogP contribution in [0.1, 0.15) is 30.4 Å². The van der Waals surface area contributed by atoms with Crippen LogP contribution >= 0.6 is 12.4 Å². The van der Waals surface area contributed by atoms with Crippen molar-refractivity contribution in [2.24, 2.45) is 0 Å². The maximum Gasteiger partial charge on any atom is 0.323 e. The van der Waals surface area contributed by atoms with Gasteiger partial charge in [-0.3, -0.25) is 4.79 Å². The first kappa shape index (κ1) is 21.7. The zero-order chi connectivity index (χ0) is 19.1. The molecule has 1 aliphatic rings. The highest BCUT2D eigenvalue weighted by Crippen LogP contribution is 2.14. The van der Waals surface area contributed by atoms with Gasteiger partial charge in [-0.05, 0) is 61.7 Å². The maximum atomic E-state index is 12.2. The molecule has 1 aliphatic heterocycles. The van der Waals surface area contributed by atoms with Crippen LogP contribution in [0.5, 0.6) is 0 Å². The number of hydrogen-bond acceptors (Lipinski definition) is 3. The van der Waals surface area contributed by atoms with E-state index in [0.29, 0.717) is 12.2 Å². The molecule has 2 aromatic carbocycles. The molecular weight excluding hydrogens is 376 g/mol. The number of halogens is 1. The Labute approximate surface area is 171 Å². The van der Waals surface area contributed by atoms with E-state index in [9.17, 15) is 9.59 Å². The normalized spacial score (nSPS) is 15.8. The minimum Gasteiger partial charge on any atom is -0.351 e. The molecule has 1 unspecified atom stereocenters. The molecule has 7 heteroatoms. The highest BCUT2D eigenvalue weighted by Gasteiger charge is 2.19. The summed E-state index contributed by atoms with van der Waals surface area (Å²) in [6.07, 6.45) is 3.09. The Bertz CT molecular complexity index is 806. The molecule has 2 aromatic rings. The molecule has 1 atom stereocenters. The molecule has 1 saturated heterocycles. The molecule has 150 valence electrons. The van der Waals surface area contributed by atoms with Gasteiger partial charge in [0, 0.05) is 17.9 Å². The quantitative estimate of drug-likeness (QED) is 0.613. The molecule has 1 fully saturated rings. The van der Waals surface area contributed by atoms with Crippen molar-refractivity contribution in [3.05, 3.63) is 59.7 Å². The van der Waals surface area contributed by atoms with Crippen molar-refractivity contribution < 1.29 is 9.59 Å². The fraction of sp³-hybridized carbons (Fsp3) is 0.333. The number of aryl methyl sites for hydroxylation is 1. The predicted octanol–water partition coefficient (Wildman–Crippen LogP) is 3.82. The van der Waals surface area contributed by atoms with Crippen LogP contribution in [0, 0.1) is 6.92 Å². The van der Waals surface area contributed by atoms with Gasteiger partial charge < -0.3 is 21.3 Å². The van der Waals surface area contributed by atoms with Gasteiger partial charge in [0.1, 0.15) is 0 Å². The van der Waals surface area contributed by atoms with E-state index in [4.69, 9.17) is 0 Å². The minimum atomic E-state index is -0.298. The molecule has 0 saturated carbocycles. The Morgan fingerprint density at radius 1 is 1.04 bits per heavy atom. The van der Waals surface area contributed by atoms with Gasteiger partial charge in [0.2, 0.25) is 5.91 Å². The maximum absolute atomic E-state index is 12.2. The zero-order valence-corrected chi connectivity index (χ0v) is 16.8. The second-order valence-electron chi connectivity index (χ2n) is 6.87. The first-order valence-corrected chi connectivity index (χ1v) is 9.35. The SMILES string of the molecule is Cc1cccc(NC(=O)Nc2cccc(CNC(=O)C3CCCCN3)c2)c1.Cl. The summed E-state index contributed by atoms with van der Waals surface area (Å²) in [7, 11) is 0. The minimum absolute atomic E-state index is 0. The Morgan fingerprint density at radius 3 is 2.43 bits per heavy atom. The third kappa shape index (κ3) is 6.55. The number of carbonyl (C=O) groups is 2. The Balaban J connectivity index is 0.00000280. The Hall–Kier alpha value is -2.57. The number of hydrogen-bond donors (Lipinski definition) is 4. The molecule has 3 rings (SSSR count). The van der Waals surface area contributed by atoms with Gasteiger partial charge in [0.05, 0.1) is 6.04 Å². The molecule has 4 N–H and O–H groups in total. The lowest BCUT2D eigenvalue weighted by Crippen LogP contribution is -2.46. The fourth-order valence-corrected chi connectivity index (χ4v) is 3.16. The summed E-state index contributed by atoms with van der Waals surface area (Å²) in [5, 5.41) is 11.8. The van der Waals surface area contributed by atoms with Crippen molar-refractivity contribution in [2.45, 2.75) is 38.8 Å². The van der Waals surface area contributed by atoms with Crippen molar-refractivity contribution in [1.29, 1.82) is 0 Å². The summed E-state index contributed by atoms with van der Waals surface area (Å²) < 4.78 is 0. The molecule has 1 heterocycles. The number of piperidine rings is 1. The molecule has 0 bridgehead atoms. The van der Waals surface area contributed by atoms with E-state index in [0.717, 1.165) is 42.6 Å². The van der Waals surface area contributed by atoms with Crippen molar-refractivity contribution >= 4 is 35.7 Å². The van der Waals surface area contributed by atoms with Gasteiger partial charge in [-0.1, -0.05) is 30.7 Å². The van der Waals surface area contributed by atoms with Crippen LogP contribution in [-0.2, 0) is 11.3 Å². The van der Waals surface area contributed by atoms with E-state index in [1.165, 1.54) is 0 Å². The fourth-order valence-electron chi connectivity index (χ4n) is 3.16. The summed E-state index contributed by atoms with van der Waals surface area (Å²) in [6.45, 7) is 3.31. The Morgan fingerprint density at radius 2 is 1.75 bits per heavy atom.